The molecule has 19 heavy (non-hydrogen) atoms. The van der Waals surface area contributed by atoms with Gasteiger partial charge in [0.2, 0.25) is 0 Å². The van der Waals surface area contributed by atoms with Crippen LogP contribution >= 0.6 is 0 Å². The first kappa shape index (κ1) is 14.1. The van der Waals surface area contributed by atoms with Crippen molar-refractivity contribution in [3.8, 4) is 0 Å². The number of anilines is 2. The van der Waals surface area contributed by atoms with Crippen LogP contribution in [0, 0.1) is 5.41 Å². The predicted molar refractivity (Wildman–Crippen MR) is 80.8 cm³/mol. The summed E-state index contributed by atoms with van der Waals surface area (Å²) in [4.78, 5) is 11.5. The van der Waals surface area contributed by atoms with E-state index in [0.29, 0.717) is 5.41 Å². The summed E-state index contributed by atoms with van der Waals surface area (Å²) in [6.07, 6.45) is 4.66. The molecule has 2 rings (SSSR count). The van der Waals surface area contributed by atoms with Crippen molar-refractivity contribution in [1.29, 1.82) is 0 Å². The summed E-state index contributed by atoms with van der Waals surface area (Å²) in [6.45, 7) is 9.01. The molecule has 2 heterocycles. The maximum atomic E-state index is 4.67. The van der Waals surface area contributed by atoms with Crippen molar-refractivity contribution < 1.29 is 0 Å². The van der Waals surface area contributed by atoms with Crippen LogP contribution in [-0.2, 0) is 6.42 Å². The molecule has 0 spiro atoms. The van der Waals surface area contributed by atoms with Gasteiger partial charge in [-0.2, -0.15) is 0 Å². The summed E-state index contributed by atoms with van der Waals surface area (Å²) in [5.41, 5.74) is 0.517. The van der Waals surface area contributed by atoms with Gasteiger partial charge in [-0.1, -0.05) is 27.2 Å². The number of nitrogens with zero attached hydrogens (tertiary/aromatic N) is 3. The maximum Gasteiger partial charge on any atom is 0.134 e. The second-order valence-electron chi connectivity index (χ2n) is 5.78. The van der Waals surface area contributed by atoms with Crippen molar-refractivity contribution in [2.45, 2.75) is 46.5 Å². The van der Waals surface area contributed by atoms with Gasteiger partial charge in [0.15, 0.2) is 0 Å². The minimum absolute atomic E-state index is 0.517. The molecule has 0 bridgehead atoms. The zero-order chi connectivity index (χ0) is 13.9. The number of aromatic nitrogens is 2. The Morgan fingerprint density at radius 1 is 1.26 bits per heavy atom. The Morgan fingerprint density at radius 2 is 1.95 bits per heavy atom. The van der Waals surface area contributed by atoms with E-state index in [1.165, 1.54) is 19.3 Å². The van der Waals surface area contributed by atoms with E-state index in [9.17, 15) is 0 Å². The Morgan fingerprint density at radius 3 is 2.47 bits per heavy atom. The second kappa shape index (κ2) is 5.76. The number of nitrogens with one attached hydrogen (secondary N) is 1. The van der Waals surface area contributed by atoms with Crippen LogP contribution in [-0.4, -0.2) is 30.1 Å². The molecular weight excluding hydrogens is 236 g/mol. The van der Waals surface area contributed by atoms with Crippen LogP contribution < -0.4 is 10.2 Å². The van der Waals surface area contributed by atoms with Crippen molar-refractivity contribution in [2.24, 2.45) is 5.41 Å². The zero-order valence-electron chi connectivity index (χ0n) is 12.7. The number of hydrogen-bond donors (Lipinski definition) is 1. The van der Waals surface area contributed by atoms with E-state index in [-0.39, 0.29) is 0 Å². The summed E-state index contributed by atoms with van der Waals surface area (Å²) in [6, 6.07) is 2.06. The molecule has 0 radical (unpaired) electrons. The van der Waals surface area contributed by atoms with Gasteiger partial charge in [0.25, 0.3) is 0 Å². The third kappa shape index (κ3) is 3.17. The lowest BCUT2D eigenvalue weighted by atomic mass is 9.78. The first-order valence-electron chi connectivity index (χ1n) is 7.41. The number of piperidine rings is 1. The highest BCUT2D eigenvalue weighted by Gasteiger charge is 2.28. The van der Waals surface area contributed by atoms with E-state index < -0.39 is 0 Å². The Labute approximate surface area is 116 Å². The van der Waals surface area contributed by atoms with Crippen LogP contribution in [0.3, 0.4) is 0 Å². The molecule has 0 amide bonds. The number of hydrogen-bond acceptors (Lipinski definition) is 4. The van der Waals surface area contributed by atoms with E-state index in [1.54, 1.807) is 0 Å². The summed E-state index contributed by atoms with van der Waals surface area (Å²) in [5, 5.41) is 3.13. The summed E-state index contributed by atoms with van der Waals surface area (Å²) in [5.74, 6) is 2.92. The third-order valence-electron chi connectivity index (χ3n) is 4.48. The fourth-order valence-corrected chi connectivity index (χ4v) is 2.56. The van der Waals surface area contributed by atoms with Crippen molar-refractivity contribution in [3.63, 3.8) is 0 Å². The van der Waals surface area contributed by atoms with Gasteiger partial charge >= 0.3 is 0 Å². The van der Waals surface area contributed by atoms with Gasteiger partial charge in [-0.3, -0.25) is 0 Å². The smallest absolute Gasteiger partial charge is 0.134 e. The first-order valence-corrected chi connectivity index (χ1v) is 7.41. The van der Waals surface area contributed by atoms with Crippen molar-refractivity contribution >= 4 is 11.6 Å². The monoisotopic (exact) mass is 262 g/mol. The molecule has 0 aliphatic carbocycles. The van der Waals surface area contributed by atoms with Crippen molar-refractivity contribution in [1.82, 2.24) is 9.97 Å². The highest BCUT2D eigenvalue weighted by Crippen LogP contribution is 2.35. The van der Waals surface area contributed by atoms with Crippen LogP contribution in [0.2, 0.25) is 0 Å². The van der Waals surface area contributed by atoms with E-state index in [4.69, 9.17) is 0 Å². The van der Waals surface area contributed by atoms with Gasteiger partial charge < -0.3 is 10.2 Å². The third-order valence-corrected chi connectivity index (χ3v) is 4.48. The van der Waals surface area contributed by atoms with E-state index in [0.717, 1.165) is 37.0 Å². The molecule has 0 unspecified atom stereocenters. The number of rotatable bonds is 4. The molecule has 1 saturated heterocycles. The number of aryl methyl sites for hydroxylation is 1. The molecule has 1 aromatic rings. The van der Waals surface area contributed by atoms with Crippen LogP contribution in [0.4, 0.5) is 11.6 Å². The van der Waals surface area contributed by atoms with E-state index >= 15 is 0 Å². The average molecular weight is 262 g/mol. The molecule has 106 valence electrons. The average Bonchev–Trinajstić information content (AvgIpc) is 2.47. The Balaban J connectivity index is 2.14. The topological polar surface area (TPSA) is 41.1 Å². The van der Waals surface area contributed by atoms with Crippen LogP contribution in [0.1, 0.15) is 45.9 Å². The predicted octanol–water partition coefficient (Wildman–Crippen LogP) is 3.10. The van der Waals surface area contributed by atoms with Gasteiger partial charge in [0, 0.05) is 32.6 Å². The lowest BCUT2D eigenvalue weighted by Gasteiger charge is -2.39. The molecule has 1 fully saturated rings. The quantitative estimate of drug-likeness (QED) is 0.905. The molecule has 0 aromatic carbocycles. The fraction of sp³-hybridized carbons (Fsp3) is 0.733. The van der Waals surface area contributed by atoms with Gasteiger partial charge in [0.05, 0.1) is 0 Å². The molecule has 0 saturated carbocycles. The molecule has 4 nitrogen and oxygen atoms in total. The Hall–Kier alpha value is -1.32. The molecule has 1 aliphatic rings. The van der Waals surface area contributed by atoms with Gasteiger partial charge in [-0.05, 0) is 18.3 Å². The molecule has 1 aliphatic heterocycles. The summed E-state index contributed by atoms with van der Waals surface area (Å²) in [7, 11) is 1.91. The summed E-state index contributed by atoms with van der Waals surface area (Å²) >= 11 is 0. The fourth-order valence-electron chi connectivity index (χ4n) is 2.56. The highest BCUT2D eigenvalue weighted by molar-refractivity contribution is 5.49. The Kier molecular flexibility index (Phi) is 4.27. The lowest BCUT2D eigenvalue weighted by molar-refractivity contribution is 0.237. The highest BCUT2D eigenvalue weighted by atomic mass is 15.2. The maximum absolute atomic E-state index is 4.67. The van der Waals surface area contributed by atoms with Gasteiger partial charge in [-0.15, -0.1) is 0 Å². The minimum Gasteiger partial charge on any atom is -0.373 e. The Bertz CT molecular complexity index is 400. The van der Waals surface area contributed by atoms with Gasteiger partial charge in [-0.25, -0.2) is 9.97 Å². The molecule has 4 heteroatoms. The largest absolute Gasteiger partial charge is 0.373 e. The van der Waals surface area contributed by atoms with Crippen molar-refractivity contribution in [3.05, 3.63) is 11.9 Å². The van der Waals surface area contributed by atoms with Crippen LogP contribution in [0.5, 0.6) is 0 Å². The van der Waals surface area contributed by atoms with Crippen LogP contribution in [0.25, 0.3) is 0 Å². The molecule has 1 aromatic heterocycles. The van der Waals surface area contributed by atoms with E-state index in [1.807, 2.05) is 7.05 Å². The second-order valence-corrected chi connectivity index (χ2v) is 5.78. The van der Waals surface area contributed by atoms with Gasteiger partial charge in [0.1, 0.15) is 17.5 Å². The first-order chi connectivity index (χ1) is 9.10. The normalized spacial score (nSPS) is 18.4. The molecule has 0 atom stereocenters. The van der Waals surface area contributed by atoms with Crippen LogP contribution in [0.15, 0.2) is 6.07 Å². The van der Waals surface area contributed by atoms with E-state index in [2.05, 4.69) is 47.0 Å². The minimum atomic E-state index is 0.517. The van der Waals surface area contributed by atoms with Crippen molar-refractivity contribution in [2.75, 3.05) is 30.4 Å². The standard InChI is InChI=1S/C15H26N4/c1-5-12-17-13(16-4)11-14(18-12)19-9-7-15(3,6-2)8-10-19/h11H,5-10H2,1-4H3,(H,16,17,18). The molecular formula is C15H26N4. The zero-order valence-corrected chi connectivity index (χ0v) is 12.7. The lowest BCUT2D eigenvalue weighted by Crippen LogP contribution is -2.39. The SMILES string of the molecule is CCc1nc(NC)cc(N2CCC(C)(CC)CC2)n1. The molecule has 1 N–H and O–H groups in total. The summed E-state index contributed by atoms with van der Waals surface area (Å²) < 4.78 is 0.